The molecule has 5 atom stereocenters. The number of aromatic nitrogens is 1. The van der Waals surface area contributed by atoms with Gasteiger partial charge in [-0.15, -0.1) is 0 Å². The van der Waals surface area contributed by atoms with Crippen molar-refractivity contribution in [2.75, 3.05) is 20.3 Å². The molecule has 1 fully saturated rings. The van der Waals surface area contributed by atoms with Crippen LogP contribution in [-0.2, 0) is 23.4 Å². The quantitative estimate of drug-likeness (QED) is 0.201. The van der Waals surface area contributed by atoms with Crippen LogP contribution in [0.25, 0.3) is 10.9 Å². The fourth-order valence-corrected chi connectivity index (χ4v) is 8.14. The van der Waals surface area contributed by atoms with E-state index in [2.05, 4.69) is 33.9 Å². The van der Waals surface area contributed by atoms with Gasteiger partial charge >= 0.3 is 18.2 Å². The molecule has 1 aromatic heterocycles. The van der Waals surface area contributed by atoms with Gasteiger partial charge in [0.25, 0.3) is 0 Å². The number of carbonyl (C=O) groups excluding carboxylic acids is 3. The van der Waals surface area contributed by atoms with Crippen LogP contribution in [0.5, 0.6) is 0 Å². The van der Waals surface area contributed by atoms with Gasteiger partial charge in [0.2, 0.25) is 0 Å². The minimum Gasteiger partial charge on any atom is -0.468 e. The Hall–Kier alpha value is -2.89. The summed E-state index contributed by atoms with van der Waals surface area (Å²) in [4.78, 5) is 44.0. The summed E-state index contributed by atoms with van der Waals surface area (Å²) in [7, 11) is -1.14. The van der Waals surface area contributed by atoms with Gasteiger partial charge in [0.15, 0.2) is 8.32 Å². The Balaban J connectivity index is 2.13. The van der Waals surface area contributed by atoms with Crippen LogP contribution in [0.2, 0.25) is 18.1 Å². The van der Waals surface area contributed by atoms with E-state index in [1.807, 2.05) is 45.0 Å². The first-order valence-electron chi connectivity index (χ1n) is 16.4. The van der Waals surface area contributed by atoms with Gasteiger partial charge in [-0.3, -0.25) is 4.79 Å². The van der Waals surface area contributed by atoms with E-state index in [-0.39, 0.29) is 24.0 Å². The molecule has 0 spiro atoms. The van der Waals surface area contributed by atoms with Crippen molar-refractivity contribution in [3.8, 4) is 0 Å². The number of benzene rings is 1. The average Bonchev–Trinajstić information content (AvgIpc) is 3.45. The molecule has 1 amide bonds. The highest BCUT2D eigenvalue weighted by molar-refractivity contribution is 6.74. The van der Waals surface area contributed by atoms with Gasteiger partial charge in [0, 0.05) is 35.9 Å². The third-order valence-electron chi connectivity index (χ3n) is 9.62. The van der Waals surface area contributed by atoms with Gasteiger partial charge in [-0.25, -0.2) is 14.2 Å². The van der Waals surface area contributed by atoms with Crippen molar-refractivity contribution in [3.63, 3.8) is 0 Å². The fourth-order valence-electron chi connectivity index (χ4n) is 6.76. The van der Waals surface area contributed by atoms with Gasteiger partial charge in [-0.05, 0) is 78.6 Å². The lowest BCUT2D eigenvalue weighted by Gasteiger charge is -2.44. The van der Waals surface area contributed by atoms with E-state index in [0.29, 0.717) is 29.7 Å². The minimum atomic E-state index is -2.48. The third kappa shape index (κ3) is 6.87. The molecular weight excluding hydrogens is 604 g/mol. The number of rotatable bonds is 5. The van der Waals surface area contributed by atoms with Gasteiger partial charge in [0.1, 0.15) is 17.1 Å². The van der Waals surface area contributed by atoms with Crippen LogP contribution in [0, 0.1) is 11.8 Å². The van der Waals surface area contributed by atoms with Crippen LogP contribution in [0.3, 0.4) is 0 Å². The average molecular weight is 659 g/mol. The summed E-state index contributed by atoms with van der Waals surface area (Å²) in [5, 5.41) is 11.1. The van der Waals surface area contributed by atoms with Gasteiger partial charge in [-0.2, -0.15) is 0 Å². The first-order valence-corrected chi connectivity index (χ1v) is 19.3. The summed E-state index contributed by atoms with van der Waals surface area (Å²) in [6.07, 6.45) is -0.827. The number of hydrogen-bond donors (Lipinski definition) is 1. The fraction of sp³-hybridized carbons (Fsp3) is 0.686. The van der Waals surface area contributed by atoms with Gasteiger partial charge in [-0.1, -0.05) is 39.0 Å². The molecule has 2 aliphatic rings. The number of amides is 1. The molecule has 0 saturated carbocycles. The van der Waals surface area contributed by atoms with E-state index in [4.69, 9.17) is 18.6 Å². The SMILES string of the molecule is COC(=O)[C@@H]1c2c(c3ccccc3n2C(=O)OC(C)(C)C)[C@H]2[C@H](CCN2C(=O)OC(C)(C)C)[C@@H](O[Si](C)(C)C(C)(C)C)[C@@H]1CCO. The molecule has 1 aliphatic carbocycles. The van der Waals surface area contributed by atoms with Crippen molar-refractivity contribution in [2.24, 2.45) is 11.8 Å². The number of hydrogen-bond acceptors (Lipinski definition) is 8. The number of methoxy groups -OCH3 is 1. The summed E-state index contributed by atoms with van der Waals surface area (Å²) in [5.74, 6) is -2.36. The Bertz CT molecular complexity index is 1460. The summed E-state index contributed by atoms with van der Waals surface area (Å²) in [6, 6.07) is 6.89. The molecule has 0 radical (unpaired) electrons. The van der Waals surface area contributed by atoms with Crippen LogP contribution in [-0.4, -0.2) is 78.6 Å². The number of aliphatic hydroxyl groups is 1. The van der Waals surface area contributed by atoms with E-state index < -0.39 is 61.7 Å². The maximum Gasteiger partial charge on any atom is 0.419 e. The van der Waals surface area contributed by atoms with Crippen LogP contribution < -0.4 is 0 Å². The van der Waals surface area contributed by atoms with Gasteiger partial charge in [0.05, 0.1) is 30.5 Å². The zero-order valence-electron chi connectivity index (χ0n) is 29.7. The number of likely N-dealkylation sites (tertiary alicyclic amines) is 1. The largest absolute Gasteiger partial charge is 0.468 e. The highest BCUT2D eigenvalue weighted by atomic mass is 28.4. The van der Waals surface area contributed by atoms with Crippen molar-refractivity contribution >= 4 is 37.4 Å². The first kappa shape index (κ1) is 36.0. The van der Waals surface area contributed by atoms with Gasteiger partial charge < -0.3 is 28.6 Å². The number of aliphatic hydroxyl groups excluding tert-OH is 1. The van der Waals surface area contributed by atoms with Crippen molar-refractivity contribution in [3.05, 3.63) is 35.5 Å². The van der Waals surface area contributed by atoms with E-state index in [1.165, 1.54) is 11.7 Å². The normalized spacial score (nSPS) is 23.8. The summed E-state index contributed by atoms with van der Waals surface area (Å²) >= 11 is 0. The second-order valence-electron chi connectivity index (χ2n) is 16.2. The number of ether oxygens (including phenoxy) is 3. The van der Waals surface area contributed by atoms with Crippen LogP contribution in [0.4, 0.5) is 9.59 Å². The topological polar surface area (TPSA) is 117 Å². The molecule has 11 heteroatoms. The monoisotopic (exact) mass is 658 g/mol. The highest BCUT2D eigenvalue weighted by Crippen LogP contribution is 2.56. The Labute approximate surface area is 274 Å². The van der Waals surface area contributed by atoms with Crippen molar-refractivity contribution < 1.29 is 38.1 Å². The number of esters is 1. The van der Waals surface area contributed by atoms with Crippen LogP contribution in [0.1, 0.15) is 98.4 Å². The molecular formula is C35H54N2O8Si. The second kappa shape index (κ2) is 12.6. The lowest BCUT2D eigenvalue weighted by Crippen LogP contribution is -2.50. The zero-order chi connectivity index (χ0) is 34.6. The number of nitrogens with zero attached hydrogens (tertiary/aromatic N) is 2. The molecule has 0 bridgehead atoms. The van der Waals surface area contributed by atoms with Crippen molar-refractivity contribution in [2.45, 2.75) is 123 Å². The molecule has 10 nitrogen and oxygen atoms in total. The number of carbonyl (C=O) groups is 3. The third-order valence-corrected chi connectivity index (χ3v) is 14.1. The van der Waals surface area contributed by atoms with E-state index in [1.54, 1.807) is 25.7 Å². The predicted octanol–water partition coefficient (Wildman–Crippen LogP) is 7.38. The molecule has 2 heterocycles. The Morgan fingerprint density at radius 3 is 2.07 bits per heavy atom. The van der Waals surface area contributed by atoms with Crippen LogP contribution in [0.15, 0.2) is 24.3 Å². The predicted molar refractivity (Wildman–Crippen MR) is 179 cm³/mol. The standard InChI is InChI=1S/C35H54N2O8Si/c1-33(2,3)43-31(40)36-19-17-23-27(36)25-21-15-13-14-16-24(21)37(32(41)44-34(4,5)6)28(25)26(30(39)42-10)22(18-20-38)29(23)45-46(11,12)35(7,8)9/h13-16,22-23,26-27,29,38H,17-20H2,1-12H3/t22-,23+,26+,27-,29+/m1/s1. The molecule has 1 saturated heterocycles. The summed E-state index contributed by atoms with van der Waals surface area (Å²) in [5.41, 5.74) is 0.106. The highest BCUT2D eigenvalue weighted by Gasteiger charge is 2.57. The molecule has 256 valence electrons. The van der Waals surface area contributed by atoms with Crippen molar-refractivity contribution in [1.29, 1.82) is 0 Å². The first-order chi connectivity index (χ1) is 21.1. The van der Waals surface area contributed by atoms with Crippen molar-refractivity contribution in [1.82, 2.24) is 9.47 Å². The Kier molecular flexibility index (Phi) is 9.86. The lowest BCUT2D eigenvalue weighted by molar-refractivity contribution is -0.145. The Morgan fingerprint density at radius 1 is 0.935 bits per heavy atom. The molecule has 2 aromatic rings. The van der Waals surface area contributed by atoms with Crippen LogP contribution >= 0.6 is 0 Å². The molecule has 4 rings (SSSR count). The van der Waals surface area contributed by atoms with E-state index in [0.717, 1.165) is 5.39 Å². The number of fused-ring (bicyclic) bond motifs is 5. The smallest absolute Gasteiger partial charge is 0.419 e. The second-order valence-corrected chi connectivity index (χ2v) is 21.0. The van der Waals surface area contributed by atoms with E-state index >= 15 is 0 Å². The molecule has 1 N–H and O–H groups in total. The number of para-hydroxylation sites is 1. The Morgan fingerprint density at radius 2 is 1.52 bits per heavy atom. The molecule has 46 heavy (non-hydrogen) atoms. The maximum atomic E-state index is 14.2. The summed E-state index contributed by atoms with van der Waals surface area (Å²) < 4.78 is 26.1. The zero-order valence-corrected chi connectivity index (χ0v) is 30.7. The lowest BCUT2D eigenvalue weighted by atomic mass is 9.79. The molecule has 0 unspecified atom stereocenters. The van der Waals surface area contributed by atoms with E-state index in [9.17, 15) is 19.5 Å². The molecule has 1 aliphatic heterocycles. The summed E-state index contributed by atoms with van der Waals surface area (Å²) in [6.45, 7) is 21.9. The molecule has 1 aromatic carbocycles. The minimum absolute atomic E-state index is 0.159. The maximum absolute atomic E-state index is 14.2.